The number of nitrogens with two attached hydrogens (primary N) is 2. The number of allylic oxidation sites excluding steroid dienone is 1. The van der Waals surface area contributed by atoms with Crippen molar-refractivity contribution in [3.05, 3.63) is 50.2 Å². The molecule has 2 aliphatic heterocycles. The van der Waals surface area contributed by atoms with E-state index in [1.54, 1.807) is 5.41 Å². The normalized spacial score (nSPS) is 19.8. The van der Waals surface area contributed by atoms with E-state index in [4.69, 9.17) is 16.3 Å². The van der Waals surface area contributed by atoms with Gasteiger partial charge in [-0.15, -0.1) is 23.1 Å². The number of anilines is 2. The number of aliphatic carboxylic acids is 1. The number of carbonyl (C=O) groups excluding carboxylic acids is 2. The monoisotopic (exact) mass is 550 g/mol. The van der Waals surface area contributed by atoms with Gasteiger partial charge < -0.3 is 26.7 Å². The lowest BCUT2D eigenvalue weighted by molar-refractivity contribution is -0.150. The van der Waals surface area contributed by atoms with E-state index in [1.807, 2.05) is 0 Å². The lowest BCUT2D eigenvalue weighted by Crippen LogP contribution is -2.71. The molecular formula is C19H18N8O6S3. The van der Waals surface area contributed by atoms with Gasteiger partial charge in [0.05, 0.1) is 0 Å². The number of carboxylic acid groups (broad SMARTS) is 1. The Labute approximate surface area is 214 Å². The number of nitrogens with one attached hydrogen (secondary N) is 2. The van der Waals surface area contributed by atoms with E-state index in [1.165, 1.54) is 36.4 Å². The third-order valence-corrected chi connectivity index (χ3v) is 7.54. The van der Waals surface area contributed by atoms with E-state index < -0.39 is 34.8 Å². The van der Waals surface area contributed by atoms with Gasteiger partial charge in [0.25, 0.3) is 17.4 Å². The van der Waals surface area contributed by atoms with Crippen molar-refractivity contribution in [2.75, 3.05) is 24.3 Å². The summed E-state index contributed by atoms with van der Waals surface area (Å²) in [5.74, 6) is -2.38. The maximum atomic E-state index is 12.9. The Bertz CT molecular complexity index is 1380. The van der Waals surface area contributed by atoms with Crippen molar-refractivity contribution in [2.45, 2.75) is 16.4 Å². The summed E-state index contributed by atoms with van der Waals surface area (Å²) in [4.78, 5) is 65.4. The Morgan fingerprint density at radius 3 is 2.81 bits per heavy atom. The van der Waals surface area contributed by atoms with Crippen LogP contribution in [0.15, 0.2) is 49.2 Å². The number of thioether (sulfide) groups is 2. The molecule has 0 radical (unpaired) electrons. The summed E-state index contributed by atoms with van der Waals surface area (Å²) in [6.45, 7) is 0. The van der Waals surface area contributed by atoms with Crippen molar-refractivity contribution in [3.63, 3.8) is 0 Å². The molecule has 2 atom stereocenters. The maximum Gasteiger partial charge on any atom is 0.352 e. The molecule has 0 bridgehead atoms. The van der Waals surface area contributed by atoms with Crippen LogP contribution in [0.2, 0.25) is 0 Å². The number of rotatable bonds is 8. The molecule has 0 spiro atoms. The Morgan fingerprint density at radius 2 is 2.17 bits per heavy atom. The minimum atomic E-state index is -1.29. The van der Waals surface area contributed by atoms with E-state index in [2.05, 4.69) is 25.4 Å². The van der Waals surface area contributed by atoms with Crippen LogP contribution in [0.25, 0.3) is 0 Å². The predicted molar refractivity (Wildman–Crippen MR) is 134 cm³/mol. The Hall–Kier alpha value is -3.83. The lowest BCUT2D eigenvalue weighted by atomic mass is 10.0. The second-order valence-corrected chi connectivity index (χ2v) is 10.0. The number of thiazole rings is 1. The van der Waals surface area contributed by atoms with Gasteiger partial charge in [-0.2, -0.15) is 0 Å². The number of nitrogen functional groups attached to an aromatic ring is 2. The third kappa shape index (κ3) is 5.07. The van der Waals surface area contributed by atoms with Gasteiger partial charge >= 0.3 is 5.97 Å². The number of hydrogen-bond donors (Lipinski definition) is 5. The smallest absolute Gasteiger partial charge is 0.352 e. The van der Waals surface area contributed by atoms with Crippen LogP contribution in [0.5, 0.6) is 0 Å². The molecule has 0 aliphatic carbocycles. The molecule has 4 rings (SSSR count). The van der Waals surface area contributed by atoms with Crippen LogP contribution in [0, 0.1) is 0 Å². The first kappa shape index (κ1) is 25.3. The van der Waals surface area contributed by atoms with Gasteiger partial charge in [0.15, 0.2) is 10.8 Å². The minimum Gasteiger partial charge on any atom is -0.477 e. The Kier molecular flexibility index (Phi) is 7.32. The van der Waals surface area contributed by atoms with Crippen LogP contribution in [-0.2, 0) is 19.2 Å². The molecule has 2 aliphatic rings. The number of β-lactam (4-membered cyclic amide) rings is 1. The summed E-state index contributed by atoms with van der Waals surface area (Å²) in [5.41, 5.74) is 10.9. The number of carbonyl (C=O) groups is 3. The summed E-state index contributed by atoms with van der Waals surface area (Å²) < 4.78 is 0. The molecule has 7 N–H and O–H groups in total. The summed E-state index contributed by atoms with van der Waals surface area (Å²) >= 11 is 3.46. The highest BCUT2D eigenvalue weighted by molar-refractivity contribution is 8.02. The van der Waals surface area contributed by atoms with Crippen LogP contribution in [0.3, 0.4) is 0 Å². The van der Waals surface area contributed by atoms with Crippen molar-refractivity contribution in [1.29, 1.82) is 0 Å². The summed E-state index contributed by atoms with van der Waals surface area (Å²) in [6, 6.07) is 0.273. The molecule has 0 saturated carbocycles. The average Bonchev–Trinajstić information content (AvgIpc) is 3.25. The predicted octanol–water partition coefficient (Wildman–Crippen LogP) is -0.214. The second-order valence-electron chi connectivity index (χ2n) is 7.12. The number of hydrogen-bond acceptors (Lipinski definition) is 13. The van der Waals surface area contributed by atoms with Crippen molar-refractivity contribution in [1.82, 2.24) is 25.2 Å². The molecule has 0 aromatic carbocycles. The van der Waals surface area contributed by atoms with Crippen LogP contribution < -0.4 is 22.3 Å². The van der Waals surface area contributed by atoms with Crippen molar-refractivity contribution in [3.8, 4) is 0 Å². The molecule has 36 heavy (non-hydrogen) atoms. The van der Waals surface area contributed by atoms with Crippen molar-refractivity contribution < 1.29 is 24.3 Å². The van der Waals surface area contributed by atoms with Gasteiger partial charge in [-0.3, -0.25) is 24.3 Å². The summed E-state index contributed by atoms with van der Waals surface area (Å²) in [7, 11) is 1.26. The number of H-pyrrole nitrogens is 1. The molecule has 1 saturated heterocycles. The fourth-order valence-corrected chi connectivity index (χ4v) is 5.94. The fraction of sp³-hybridized carbons (Fsp3) is 0.211. The standard InChI is InChI=1S/C19H18N8O6S3/c1-33-26-11(8-6-36-19(21)22-8)14(29)25-12-15(30)27-13(17(31)32)7(5-35-16(12)27)2-3-34-10-4-9(28)23-18(20)24-10/h2-4,6,12,16H,5H2,1H3,(H2,21,22)(H,25,29)(H,31,32)(H3,20,23,24,28)/b3-2+,26-11-/t12-,16-/m1/s1. The van der Waals surface area contributed by atoms with Crippen LogP contribution in [-0.4, -0.2) is 72.7 Å². The zero-order valence-corrected chi connectivity index (χ0v) is 20.8. The fourth-order valence-electron chi connectivity index (χ4n) is 3.37. The maximum absolute atomic E-state index is 12.9. The Morgan fingerprint density at radius 1 is 1.39 bits per heavy atom. The van der Waals surface area contributed by atoms with Gasteiger partial charge in [-0.1, -0.05) is 16.9 Å². The first-order valence-electron chi connectivity index (χ1n) is 9.94. The van der Waals surface area contributed by atoms with Gasteiger partial charge in [-0.25, -0.2) is 14.8 Å². The second kappa shape index (κ2) is 10.4. The molecule has 1 fully saturated rings. The number of fused-ring (bicyclic) bond motifs is 1. The number of aromatic nitrogens is 3. The largest absolute Gasteiger partial charge is 0.477 e. The van der Waals surface area contributed by atoms with Crippen LogP contribution in [0.4, 0.5) is 11.1 Å². The zero-order chi connectivity index (χ0) is 26.0. The molecule has 188 valence electrons. The molecule has 14 nitrogen and oxygen atoms in total. The number of nitrogens with zero attached hydrogens (tertiary/aromatic N) is 4. The first-order valence-corrected chi connectivity index (χ1v) is 12.7. The van der Waals surface area contributed by atoms with Crippen LogP contribution >= 0.6 is 34.9 Å². The average molecular weight is 551 g/mol. The van der Waals surface area contributed by atoms with Gasteiger partial charge in [0.1, 0.15) is 34.9 Å². The van der Waals surface area contributed by atoms with Gasteiger partial charge in [-0.05, 0) is 17.1 Å². The molecule has 2 aromatic heterocycles. The SMILES string of the molecule is CO/N=C(\C(=O)N[C@@H]1C(=O)N2C(C(=O)O)=C(/C=C/Sc3cc(=O)[nH]c(N)n3)CS[C@H]12)c1csc(N)n1. The van der Waals surface area contributed by atoms with Crippen molar-refractivity contribution in [2.24, 2.45) is 5.16 Å². The van der Waals surface area contributed by atoms with Crippen LogP contribution in [0.1, 0.15) is 5.69 Å². The molecule has 2 amide bonds. The third-order valence-electron chi connectivity index (χ3n) is 4.84. The van der Waals surface area contributed by atoms with Gasteiger partial charge in [0, 0.05) is 17.2 Å². The summed E-state index contributed by atoms with van der Waals surface area (Å²) in [6.07, 6.45) is 1.53. The van der Waals surface area contributed by atoms with E-state index in [-0.39, 0.29) is 33.9 Å². The van der Waals surface area contributed by atoms with Gasteiger partial charge in [0.2, 0.25) is 5.95 Å². The van der Waals surface area contributed by atoms with E-state index in [9.17, 15) is 24.3 Å². The lowest BCUT2D eigenvalue weighted by Gasteiger charge is -2.49. The highest BCUT2D eigenvalue weighted by Gasteiger charge is 2.54. The van der Waals surface area contributed by atoms with E-state index >= 15 is 0 Å². The molecular weight excluding hydrogens is 532 g/mol. The molecule has 0 unspecified atom stereocenters. The molecule has 17 heteroatoms. The highest BCUT2D eigenvalue weighted by Crippen LogP contribution is 2.41. The van der Waals surface area contributed by atoms with E-state index in [0.717, 1.165) is 28.0 Å². The molecule has 2 aromatic rings. The molecule has 4 heterocycles. The number of carboxylic acids is 1. The number of aromatic amines is 1. The highest BCUT2D eigenvalue weighted by atomic mass is 32.2. The van der Waals surface area contributed by atoms with Crippen molar-refractivity contribution >= 4 is 69.4 Å². The number of amides is 2. The zero-order valence-electron chi connectivity index (χ0n) is 18.3. The summed E-state index contributed by atoms with van der Waals surface area (Å²) in [5, 5.41) is 19.1. The number of oxime groups is 1. The van der Waals surface area contributed by atoms with E-state index in [0.29, 0.717) is 10.6 Å². The topological polar surface area (TPSA) is 219 Å². The Balaban J connectivity index is 1.50. The minimum absolute atomic E-state index is 0.0453. The quantitative estimate of drug-likeness (QED) is 0.0947. The first-order chi connectivity index (χ1) is 17.2.